The summed E-state index contributed by atoms with van der Waals surface area (Å²) in [6.45, 7) is 1.87. The zero-order valence-corrected chi connectivity index (χ0v) is 11.5. The van der Waals surface area contributed by atoms with Gasteiger partial charge in [0.15, 0.2) is 5.82 Å². The normalized spacial score (nSPS) is 13.4. The van der Waals surface area contributed by atoms with Gasteiger partial charge in [0.25, 0.3) is 0 Å². The lowest BCUT2D eigenvalue weighted by molar-refractivity contribution is -0.137. The first-order valence-corrected chi connectivity index (χ1v) is 6.58. The van der Waals surface area contributed by atoms with Gasteiger partial charge < -0.3 is 10.3 Å². The molecule has 1 aromatic heterocycles. The number of nitrogens with two attached hydrogens (primary N) is 1. The fraction of sp³-hybridized carbons (Fsp3) is 0.429. The Kier molecular flexibility index (Phi) is 4.62. The highest BCUT2D eigenvalue weighted by Crippen LogP contribution is 2.29. The summed E-state index contributed by atoms with van der Waals surface area (Å²) in [5.74, 6) is 0.822. The molecule has 2 aromatic rings. The van der Waals surface area contributed by atoms with Gasteiger partial charge in [0.2, 0.25) is 5.89 Å². The zero-order chi connectivity index (χ0) is 15.5. The Morgan fingerprint density at radius 1 is 1.33 bits per heavy atom. The molecule has 114 valence electrons. The van der Waals surface area contributed by atoms with Crippen molar-refractivity contribution in [3.63, 3.8) is 0 Å². The van der Waals surface area contributed by atoms with E-state index in [1.54, 1.807) is 6.07 Å². The van der Waals surface area contributed by atoms with Crippen molar-refractivity contribution in [2.75, 3.05) is 0 Å². The predicted molar refractivity (Wildman–Crippen MR) is 70.5 cm³/mol. The third kappa shape index (κ3) is 4.56. The van der Waals surface area contributed by atoms with Crippen molar-refractivity contribution in [2.24, 2.45) is 5.73 Å². The molecule has 0 saturated heterocycles. The number of aromatic nitrogens is 2. The van der Waals surface area contributed by atoms with Crippen molar-refractivity contribution in [2.45, 2.75) is 38.4 Å². The summed E-state index contributed by atoms with van der Waals surface area (Å²) >= 11 is 0. The van der Waals surface area contributed by atoms with E-state index < -0.39 is 11.7 Å². The minimum absolute atomic E-state index is 0.0313. The Morgan fingerprint density at radius 3 is 2.76 bits per heavy atom. The topological polar surface area (TPSA) is 64.9 Å². The van der Waals surface area contributed by atoms with Gasteiger partial charge in [-0.1, -0.05) is 23.4 Å². The highest BCUT2D eigenvalue weighted by molar-refractivity contribution is 5.27. The van der Waals surface area contributed by atoms with Crippen molar-refractivity contribution < 1.29 is 17.7 Å². The maximum absolute atomic E-state index is 12.6. The maximum Gasteiger partial charge on any atom is 0.416 e. The van der Waals surface area contributed by atoms with Crippen molar-refractivity contribution in [1.29, 1.82) is 0 Å². The molecule has 1 heterocycles. The van der Waals surface area contributed by atoms with Gasteiger partial charge in [-0.15, -0.1) is 0 Å². The van der Waals surface area contributed by atoms with Gasteiger partial charge >= 0.3 is 6.18 Å². The van der Waals surface area contributed by atoms with E-state index in [1.165, 1.54) is 6.07 Å². The molecule has 0 spiro atoms. The highest BCUT2D eigenvalue weighted by Gasteiger charge is 2.30. The molecule has 0 aliphatic heterocycles. The number of hydrogen-bond acceptors (Lipinski definition) is 4. The number of nitrogens with zero attached hydrogens (tertiary/aromatic N) is 2. The van der Waals surface area contributed by atoms with Gasteiger partial charge in [-0.2, -0.15) is 18.2 Å². The lowest BCUT2D eigenvalue weighted by Crippen LogP contribution is -2.15. The van der Waals surface area contributed by atoms with E-state index in [-0.39, 0.29) is 12.5 Å². The van der Waals surface area contributed by atoms with Crippen LogP contribution in [0.3, 0.4) is 0 Å². The molecule has 21 heavy (non-hydrogen) atoms. The summed E-state index contributed by atoms with van der Waals surface area (Å²) in [5, 5.41) is 3.77. The number of rotatable bonds is 5. The van der Waals surface area contributed by atoms with Crippen LogP contribution in [0.4, 0.5) is 13.2 Å². The van der Waals surface area contributed by atoms with Crippen molar-refractivity contribution >= 4 is 0 Å². The molecular weight excluding hydrogens is 283 g/mol. The molecule has 0 radical (unpaired) electrons. The van der Waals surface area contributed by atoms with E-state index in [2.05, 4.69) is 10.1 Å². The molecule has 7 heteroatoms. The monoisotopic (exact) mass is 299 g/mol. The van der Waals surface area contributed by atoms with Crippen LogP contribution in [0.15, 0.2) is 28.8 Å². The average Bonchev–Trinajstić information content (AvgIpc) is 2.83. The highest BCUT2D eigenvalue weighted by atomic mass is 19.4. The maximum atomic E-state index is 12.6. The molecule has 1 unspecified atom stereocenters. The van der Waals surface area contributed by atoms with E-state index in [9.17, 15) is 13.2 Å². The zero-order valence-electron chi connectivity index (χ0n) is 11.5. The Morgan fingerprint density at radius 2 is 2.10 bits per heavy atom. The van der Waals surface area contributed by atoms with Gasteiger partial charge in [0, 0.05) is 18.9 Å². The first-order valence-electron chi connectivity index (χ1n) is 6.58. The Labute approximate surface area is 120 Å². The second kappa shape index (κ2) is 6.26. The fourth-order valence-electron chi connectivity index (χ4n) is 1.85. The van der Waals surface area contributed by atoms with Gasteiger partial charge in [0.05, 0.1) is 5.56 Å². The lowest BCUT2D eigenvalue weighted by Gasteiger charge is -2.07. The minimum atomic E-state index is -4.35. The van der Waals surface area contributed by atoms with Crippen LogP contribution in [0.5, 0.6) is 0 Å². The molecule has 1 aromatic carbocycles. The van der Waals surface area contributed by atoms with Gasteiger partial charge in [-0.25, -0.2) is 0 Å². The molecule has 1 atom stereocenters. The summed E-state index contributed by atoms with van der Waals surface area (Å²) in [6.07, 6.45) is -2.88. The Hall–Kier alpha value is -1.89. The fourth-order valence-corrected chi connectivity index (χ4v) is 1.85. The van der Waals surface area contributed by atoms with E-state index in [1.807, 2.05) is 6.92 Å². The molecule has 0 bridgehead atoms. The van der Waals surface area contributed by atoms with Crippen molar-refractivity contribution in [3.05, 3.63) is 47.1 Å². The number of halogens is 3. The second-order valence-electron chi connectivity index (χ2n) is 5.00. The summed E-state index contributed by atoms with van der Waals surface area (Å²) < 4.78 is 42.9. The van der Waals surface area contributed by atoms with Crippen LogP contribution < -0.4 is 5.73 Å². The van der Waals surface area contributed by atoms with Gasteiger partial charge in [0.1, 0.15) is 0 Å². The van der Waals surface area contributed by atoms with Crippen LogP contribution in [0.25, 0.3) is 0 Å². The average molecular weight is 299 g/mol. The van der Waals surface area contributed by atoms with Crippen molar-refractivity contribution in [3.8, 4) is 0 Å². The van der Waals surface area contributed by atoms with E-state index in [4.69, 9.17) is 10.3 Å². The molecule has 0 saturated carbocycles. The largest absolute Gasteiger partial charge is 0.416 e. The Bertz CT molecular complexity index is 593. The van der Waals surface area contributed by atoms with Crippen LogP contribution in [-0.4, -0.2) is 16.2 Å². The van der Waals surface area contributed by atoms with Gasteiger partial charge in [-0.05, 0) is 25.0 Å². The third-order valence-corrected chi connectivity index (χ3v) is 2.94. The minimum Gasteiger partial charge on any atom is -0.339 e. The quantitative estimate of drug-likeness (QED) is 0.922. The molecular formula is C14H16F3N3O. The van der Waals surface area contributed by atoms with E-state index in [0.29, 0.717) is 30.1 Å². The lowest BCUT2D eigenvalue weighted by atomic mass is 10.1. The Balaban J connectivity index is 2.05. The molecule has 4 nitrogen and oxygen atoms in total. The number of hydrogen-bond donors (Lipinski definition) is 1. The first kappa shape index (κ1) is 15.5. The number of alkyl halides is 3. The molecule has 0 aliphatic rings. The van der Waals surface area contributed by atoms with Crippen LogP contribution in [-0.2, 0) is 19.0 Å². The summed E-state index contributed by atoms with van der Waals surface area (Å²) in [5.41, 5.74) is 5.44. The van der Waals surface area contributed by atoms with Crippen LogP contribution in [0.1, 0.15) is 36.2 Å². The molecule has 2 N–H and O–H groups in total. The number of benzene rings is 1. The molecule has 0 amide bonds. The second-order valence-corrected chi connectivity index (χ2v) is 5.00. The summed E-state index contributed by atoms with van der Waals surface area (Å²) in [4.78, 5) is 4.15. The van der Waals surface area contributed by atoms with Crippen LogP contribution in [0.2, 0.25) is 0 Å². The van der Waals surface area contributed by atoms with Crippen LogP contribution in [0, 0.1) is 0 Å². The summed E-state index contributed by atoms with van der Waals surface area (Å²) in [6, 6.07) is 5.14. The smallest absolute Gasteiger partial charge is 0.339 e. The first-order chi connectivity index (χ1) is 9.84. The number of aryl methyl sites for hydroxylation is 1. The molecule has 2 rings (SSSR count). The van der Waals surface area contributed by atoms with Crippen molar-refractivity contribution in [1.82, 2.24) is 10.1 Å². The van der Waals surface area contributed by atoms with Gasteiger partial charge in [-0.3, -0.25) is 0 Å². The van der Waals surface area contributed by atoms with Crippen LogP contribution >= 0.6 is 0 Å². The standard InChI is InChI=1S/C14H16F3N3O/c1-9(18)5-6-13-19-12(20-21-13)8-10-3-2-4-11(7-10)14(15,16)17/h2-4,7,9H,5-6,8,18H2,1H3. The predicted octanol–water partition coefficient (Wildman–Crippen LogP) is 2.96. The van der Waals surface area contributed by atoms with E-state index >= 15 is 0 Å². The van der Waals surface area contributed by atoms with E-state index in [0.717, 1.165) is 12.1 Å². The summed E-state index contributed by atoms with van der Waals surface area (Å²) in [7, 11) is 0. The molecule has 0 aliphatic carbocycles. The SMILES string of the molecule is CC(N)CCc1nc(Cc2cccc(C(F)(F)F)c2)no1. The molecule has 0 fully saturated rings. The third-order valence-electron chi connectivity index (χ3n) is 2.94.